The minimum Gasteiger partial charge on any atom is -0.382 e. The van der Waals surface area contributed by atoms with E-state index in [0.29, 0.717) is 23.4 Å². The molecule has 2 heterocycles. The van der Waals surface area contributed by atoms with Crippen LogP contribution in [0.5, 0.6) is 0 Å². The van der Waals surface area contributed by atoms with Crippen molar-refractivity contribution >= 4 is 17.0 Å². The molecule has 1 aliphatic rings. The molecule has 22 heavy (non-hydrogen) atoms. The van der Waals surface area contributed by atoms with Crippen molar-refractivity contribution in [1.29, 1.82) is 0 Å². The quantitative estimate of drug-likeness (QED) is 0.857. The van der Waals surface area contributed by atoms with Gasteiger partial charge in [-0.1, -0.05) is 18.7 Å². The van der Waals surface area contributed by atoms with Crippen molar-refractivity contribution in [3.05, 3.63) is 49.9 Å². The lowest BCUT2D eigenvalue weighted by Crippen LogP contribution is -2.29. The lowest BCUT2D eigenvalue weighted by Gasteiger charge is -2.26. The Hall–Kier alpha value is -2.54. The van der Waals surface area contributed by atoms with Crippen LogP contribution >= 0.6 is 0 Å². The first-order valence-electron chi connectivity index (χ1n) is 6.80. The molecule has 0 spiro atoms. The Labute approximate surface area is 126 Å². The number of imidazole rings is 1. The van der Waals surface area contributed by atoms with Crippen molar-refractivity contribution in [1.82, 2.24) is 19.5 Å². The lowest BCUT2D eigenvalue weighted by atomic mass is 10.0. The molecule has 0 saturated heterocycles. The van der Waals surface area contributed by atoms with E-state index in [4.69, 9.17) is 10.5 Å². The van der Waals surface area contributed by atoms with Gasteiger partial charge in [0.15, 0.2) is 11.5 Å². The largest absolute Gasteiger partial charge is 0.382 e. The van der Waals surface area contributed by atoms with E-state index in [1.807, 2.05) is 0 Å². The van der Waals surface area contributed by atoms with Crippen LogP contribution in [-0.2, 0) is 4.74 Å². The highest BCUT2D eigenvalue weighted by molar-refractivity contribution is 5.81. The van der Waals surface area contributed by atoms with Crippen molar-refractivity contribution < 1.29 is 9.13 Å². The lowest BCUT2D eigenvalue weighted by molar-refractivity contribution is 0.0190. The molecule has 114 valence electrons. The van der Waals surface area contributed by atoms with Crippen LogP contribution in [0.4, 0.5) is 10.2 Å². The molecule has 2 aromatic heterocycles. The van der Waals surface area contributed by atoms with Gasteiger partial charge in [0.25, 0.3) is 0 Å². The number of hydrogen-bond acceptors (Lipinski definition) is 5. The summed E-state index contributed by atoms with van der Waals surface area (Å²) in [6, 6.07) is -0.290. The highest BCUT2D eigenvalue weighted by atomic mass is 19.1. The second-order valence-corrected chi connectivity index (χ2v) is 5.06. The highest BCUT2D eigenvalue weighted by Crippen LogP contribution is 2.42. The molecule has 0 fully saturated rings. The van der Waals surface area contributed by atoms with Crippen LogP contribution in [0.1, 0.15) is 12.5 Å². The molecule has 7 heteroatoms. The van der Waals surface area contributed by atoms with E-state index in [-0.39, 0.29) is 18.5 Å². The van der Waals surface area contributed by atoms with Crippen LogP contribution in [-0.4, -0.2) is 31.7 Å². The Balaban J connectivity index is 1.98. The maximum Gasteiger partial charge on any atom is 0.165 e. The van der Waals surface area contributed by atoms with Gasteiger partial charge >= 0.3 is 0 Å². The van der Waals surface area contributed by atoms with Gasteiger partial charge in [0.1, 0.15) is 23.3 Å². The first-order valence-corrected chi connectivity index (χ1v) is 6.80. The molecule has 1 aliphatic carbocycles. The highest BCUT2D eigenvalue weighted by Gasteiger charge is 2.42. The van der Waals surface area contributed by atoms with Crippen LogP contribution < -0.4 is 5.73 Å². The molecule has 0 bridgehead atoms. The van der Waals surface area contributed by atoms with Gasteiger partial charge in [0, 0.05) is 6.42 Å². The number of halogens is 1. The molecule has 6 nitrogen and oxygen atoms in total. The van der Waals surface area contributed by atoms with E-state index in [9.17, 15) is 4.39 Å². The van der Waals surface area contributed by atoms with Crippen LogP contribution in [0, 0.1) is 0 Å². The number of rotatable bonds is 5. The Kier molecular flexibility index (Phi) is 3.50. The van der Waals surface area contributed by atoms with Crippen molar-refractivity contribution in [2.45, 2.75) is 18.1 Å². The van der Waals surface area contributed by atoms with Gasteiger partial charge in [0.2, 0.25) is 0 Å². The van der Waals surface area contributed by atoms with Gasteiger partial charge in [-0.3, -0.25) is 0 Å². The first-order chi connectivity index (χ1) is 10.6. The fourth-order valence-corrected chi connectivity index (χ4v) is 2.64. The summed E-state index contributed by atoms with van der Waals surface area (Å²) in [6.07, 6.45) is 7.85. The molecule has 0 aliphatic heterocycles. The van der Waals surface area contributed by atoms with Crippen molar-refractivity contribution in [3.63, 3.8) is 0 Å². The van der Waals surface area contributed by atoms with Gasteiger partial charge in [-0.2, -0.15) is 0 Å². The Bertz CT molecular complexity index is 768. The van der Waals surface area contributed by atoms with E-state index >= 15 is 0 Å². The summed E-state index contributed by atoms with van der Waals surface area (Å²) in [5.74, 6) is -0.0812. The molecule has 0 saturated carbocycles. The fraction of sp³-hybridized carbons (Fsp3) is 0.267. The summed E-state index contributed by atoms with van der Waals surface area (Å²) < 4.78 is 21.8. The van der Waals surface area contributed by atoms with Gasteiger partial charge in [-0.15, -0.1) is 6.58 Å². The third kappa shape index (κ3) is 2.10. The third-order valence-electron chi connectivity index (χ3n) is 3.79. The predicted molar refractivity (Wildman–Crippen MR) is 81.7 cm³/mol. The first kappa shape index (κ1) is 14.4. The molecule has 0 unspecified atom stereocenters. The summed E-state index contributed by atoms with van der Waals surface area (Å²) in [5, 5.41) is 0. The second kappa shape index (κ2) is 5.34. The van der Waals surface area contributed by atoms with Crippen molar-refractivity contribution in [2.24, 2.45) is 0 Å². The van der Waals surface area contributed by atoms with Crippen LogP contribution in [0.25, 0.3) is 11.2 Å². The Morgan fingerprint density at radius 2 is 2.27 bits per heavy atom. The molecule has 2 N–H and O–H groups in total. The standard InChI is InChI=1S/C15H16FN5O/c1-3-5-22-15(4-2)7-10(6-11(15)16)21-9-20-12-13(17)18-8-19-14(12)21/h3-4,6,8-10H,1-2,5,7H2,(H2,17,18,19)/t10-,15-/m0/s1. The zero-order valence-corrected chi connectivity index (χ0v) is 11.9. The zero-order valence-electron chi connectivity index (χ0n) is 11.9. The molecular weight excluding hydrogens is 285 g/mol. The summed E-state index contributed by atoms with van der Waals surface area (Å²) in [4.78, 5) is 12.3. The van der Waals surface area contributed by atoms with E-state index < -0.39 is 5.60 Å². The summed E-state index contributed by atoms with van der Waals surface area (Å²) >= 11 is 0. The van der Waals surface area contributed by atoms with E-state index in [2.05, 4.69) is 28.1 Å². The smallest absolute Gasteiger partial charge is 0.165 e. The van der Waals surface area contributed by atoms with Gasteiger partial charge < -0.3 is 15.0 Å². The molecular formula is C15H16FN5O. The number of allylic oxidation sites excluding steroid dienone is 1. The molecule has 0 amide bonds. The summed E-state index contributed by atoms with van der Waals surface area (Å²) in [7, 11) is 0. The Morgan fingerprint density at radius 1 is 1.45 bits per heavy atom. The van der Waals surface area contributed by atoms with Crippen LogP contribution in [0.15, 0.2) is 49.9 Å². The number of hydrogen-bond donors (Lipinski definition) is 1. The summed E-state index contributed by atoms with van der Waals surface area (Å²) in [5.41, 5.74) is 5.69. The number of anilines is 1. The molecule has 2 aromatic rings. The zero-order chi connectivity index (χ0) is 15.7. The number of fused-ring (bicyclic) bond motifs is 1. The molecule has 0 radical (unpaired) electrons. The van der Waals surface area contributed by atoms with E-state index in [1.54, 1.807) is 17.0 Å². The number of nitrogen functional groups attached to an aromatic ring is 1. The van der Waals surface area contributed by atoms with Crippen LogP contribution in [0.3, 0.4) is 0 Å². The van der Waals surface area contributed by atoms with Crippen LogP contribution in [0.2, 0.25) is 0 Å². The van der Waals surface area contributed by atoms with Crippen molar-refractivity contribution in [3.8, 4) is 0 Å². The van der Waals surface area contributed by atoms with E-state index in [1.165, 1.54) is 18.5 Å². The molecule has 2 atom stereocenters. The van der Waals surface area contributed by atoms with Gasteiger partial charge in [-0.25, -0.2) is 19.3 Å². The third-order valence-corrected chi connectivity index (χ3v) is 3.79. The van der Waals surface area contributed by atoms with E-state index in [0.717, 1.165) is 0 Å². The predicted octanol–water partition coefficient (Wildman–Crippen LogP) is 2.33. The normalized spacial score (nSPS) is 24.4. The fourth-order valence-electron chi connectivity index (χ4n) is 2.64. The number of ether oxygens (including phenoxy) is 1. The monoisotopic (exact) mass is 301 g/mol. The topological polar surface area (TPSA) is 78.9 Å². The minimum atomic E-state index is -1.14. The second-order valence-electron chi connectivity index (χ2n) is 5.06. The van der Waals surface area contributed by atoms with Gasteiger partial charge in [-0.05, 0) is 6.08 Å². The average molecular weight is 301 g/mol. The Morgan fingerprint density at radius 3 is 3.00 bits per heavy atom. The maximum absolute atomic E-state index is 14.4. The maximum atomic E-state index is 14.4. The minimum absolute atomic E-state index is 0.236. The molecule has 0 aromatic carbocycles. The van der Waals surface area contributed by atoms with Crippen molar-refractivity contribution in [2.75, 3.05) is 12.3 Å². The number of nitrogens with two attached hydrogens (primary N) is 1. The summed E-state index contributed by atoms with van der Waals surface area (Å²) in [6.45, 7) is 7.52. The molecule has 3 rings (SSSR count). The number of aromatic nitrogens is 4. The van der Waals surface area contributed by atoms with Gasteiger partial charge in [0.05, 0.1) is 19.0 Å². The number of nitrogens with zero attached hydrogens (tertiary/aromatic N) is 4. The average Bonchev–Trinajstić information content (AvgIpc) is 3.08. The SMILES string of the molecule is C=CCO[C@@]1(C=C)C[C@@H](n2cnc3c(N)ncnc32)C=C1F.